The fourth-order valence-corrected chi connectivity index (χ4v) is 1.63. The lowest BCUT2D eigenvalue weighted by Crippen LogP contribution is -2.28. The van der Waals surface area contributed by atoms with Crippen molar-refractivity contribution in [2.45, 2.75) is 18.9 Å². The molecule has 0 radical (unpaired) electrons. The highest BCUT2D eigenvalue weighted by Crippen LogP contribution is 2.45. The van der Waals surface area contributed by atoms with Crippen molar-refractivity contribution >= 4 is 0 Å². The molecule has 2 N–H and O–H groups in total. The van der Waals surface area contributed by atoms with E-state index in [-0.39, 0.29) is 0 Å². The molecule has 1 saturated heterocycles. The third-order valence-electron chi connectivity index (χ3n) is 2.44. The molecule has 1 aliphatic heterocycles. The molecule has 0 aromatic rings. The minimum Gasteiger partial charge on any atom is -0.377 e. The van der Waals surface area contributed by atoms with Gasteiger partial charge < -0.3 is 10.5 Å². The van der Waals surface area contributed by atoms with E-state index in [9.17, 15) is 0 Å². The molecule has 2 rings (SSSR count). The van der Waals surface area contributed by atoms with Crippen molar-refractivity contribution in [3.63, 3.8) is 0 Å². The van der Waals surface area contributed by atoms with Gasteiger partial charge >= 0.3 is 0 Å². The van der Waals surface area contributed by atoms with Gasteiger partial charge in [0.05, 0.1) is 12.7 Å². The van der Waals surface area contributed by atoms with Crippen molar-refractivity contribution in [3.05, 3.63) is 0 Å². The Hall–Kier alpha value is -0.0800. The summed E-state index contributed by atoms with van der Waals surface area (Å²) in [6.45, 7) is 1.69. The predicted molar refractivity (Wildman–Crippen MR) is 35.0 cm³/mol. The van der Waals surface area contributed by atoms with E-state index in [4.69, 9.17) is 10.5 Å². The smallest absolute Gasteiger partial charge is 0.0700 e. The molecule has 2 fully saturated rings. The molecular weight excluding hydrogens is 114 g/mol. The first-order valence-electron chi connectivity index (χ1n) is 3.72. The largest absolute Gasteiger partial charge is 0.377 e. The maximum atomic E-state index is 5.46. The molecule has 3 atom stereocenters. The molecule has 52 valence electrons. The molecule has 1 saturated carbocycles. The van der Waals surface area contributed by atoms with Crippen LogP contribution >= 0.6 is 0 Å². The van der Waals surface area contributed by atoms with Gasteiger partial charge in [-0.2, -0.15) is 0 Å². The molecule has 0 aromatic heterocycles. The average Bonchev–Trinajstić information content (AvgIpc) is 2.64. The number of hydrogen-bond acceptors (Lipinski definition) is 2. The lowest BCUT2D eigenvalue weighted by Gasteiger charge is -2.19. The first kappa shape index (κ1) is 5.69. The van der Waals surface area contributed by atoms with Gasteiger partial charge in [-0.25, -0.2) is 0 Å². The first-order chi connectivity index (χ1) is 4.40. The molecule has 0 spiro atoms. The highest BCUT2D eigenvalue weighted by Gasteiger charge is 2.42. The van der Waals surface area contributed by atoms with Crippen molar-refractivity contribution in [1.29, 1.82) is 0 Å². The summed E-state index contributed by atoms with van der Waals surface area (Å²) >= 11 is 0. The van der Waals surface area contributed by atoms with Crippen LogP contribution in [0.1, 0.15) is 12.8 Å². The Morgan fingerprint density at radius 2 is 2.22 bits per heavy atom. The Morgan fingerprint density at radius 1 is 1.33 bits per heavy atom. The third kappa shape index (κ3) is 0.970. The van der Waals surface area contributed by atoms with E-state index in [2.05, 4.69) is 0 Å². The lowest BCUT2D eigenvalue weighted by molar-refractivity contribution is 0.0159. The highest BCUT2D eigenvalue weighted by molar-refractivity contribution is 4.91. The summed E-state index contributed by atoms with van der Waals surface area (Å²) in [6.07, 6.45) is 3.01. The van der Waals surface area contributed by atoms with E-state index in [1.165, 1.54) is 12.8 Å². The minimum absolute atomic E-state index is 0.383. The number of hydrogen-bond donors (Lipinski definition) is 1. The SMILES string of the molecule is NCC1CC2CC2CO1. The number of ether oxygens (including phenoxy) is 1. The van der Waals surface area contributed by atoms with Crippen LogP contribution in [0, 0.1) is 11.8 Å². The van der Waals surface area contributed by atoms with Crippen LogP contribution in [-0.2, 0) is 4.74 Å². The Kier molecular flexibility index (Phi) is 1.24. The van der Waals surface area contributed by atoms with Crippen molar-refractivity contribution in [2.24, 2.45) is 17.6 Å². The van der Waals surface area contributed by atoms with Gasteiger partial charge in [-0.1, -0.05) is 0 Å². The maximum absolute atomic E-state index is 5.46. The van der Waals surface area contributed by atoms with Crippen molar-refractivity contribution in [3.8, 4) is 0 Å². The normalized spacial score (nSPS) is 48.3. The second-order valence-corrected chi connectivity index (χ2v) is 3.18. The maximum Gasteiger partial charge on any atom is 0.0700 e. The second kappa shape index (κ2) is 1.96. The van der Waals surface area contributed by atoms with Crippen LogP contribution < -0.4 is 5.73 Å². The topological polar surface area (TPSA) is 35.2 Å². The monoisotopic (exact) mass is 127 g/mol. The molecule has 2 nitrogen and oxygen atoms in total. The van der Waals surface area contributed by atoms with Crippen molar-refractivity contribution in [2.75, 3.05) is 13.2 Å². The number of nitrogens with two attached hydrogens (primary N) is 1. The van der Waals surface area contributed by atoms with Crippen LogP contribution in [0.2, 0.25) is 0 Å². The van der Waals surface area contributed by atoms with Crippen LogP contribution in [-0.4, -0.2) is 19.3 Å². The van der Waals surface area contributed by atoms with Gasteiger partial charge in [-0.15, -0.1) is 0 Å². The summed E-state index contributed by atoms with van der Waals surface area (Å²) in [4.78, 5) is 0. The van der Waals surface area contributed by atoms with Gasteiger partial charge in [0.15, 0.2) is 0 Å². The highest BCUT2D eigenvalue weighted by atomic mass is 16.5. The zero-order chi connectivity index (χ0) is 6.27. The minimum atomic E-state index is 0.383. The fraction of sp³-hybridized carbons (Fsp3) is 1.00. The standard InChI is InChI=1S/C7H13NO/c8-3-7-2-5-1-6(5)4-9-7/h5-7H,1-4,8H2. The predicted octanol–water partition coefficient (Wildman–Crippen LogP) is 0.370. The van der Waals surface area contributed by atoms with E-state index in [1.54, 1.807) is 0 Å². The summed E-state index contributed by atoms with van der Waals surface area (Å²) < 4.78 is 5.46. The molecule has 1 heterocycles. The van der Waals surface area contributed by atoms with Crippen LogP contribution in [0.4, 0.5) is 0 Å². The van der Waals surface area contributed by atoms with Gasteiger partial charge in [0.1, 0.15) is 0 Å². The summed E-state index contributed by atoms with van der Waals surface area (Å²) in [6, 6.07) is 0. The van der Waals surface area contributed by atoms with Crippen LogP contribution in [0.15, 0.2) is 0 Å². The van der Waals surface area contributed by atoms with Gasteiger partial charge in [-0.05, 0) is 24.7 Å². The Bertz CT molecular complexity index is 115. The van der Waals surface area contributed by atoms with Gasteiger partial charge in [0, 0.05) is 6.54 Å². The summed E-state index contributed by atoms with van der Waals surface area (Å²) in [5.41, 5.74) is 5.46. The van der Waals surface area contributed by atoms with E-state index < -0.39 is 0 Å². The average molecular weight is 127 g/mol. The molecule has 0 bridgehead atoms. The first-order valence-corrected chi connectivity index (χ1v) is 3.72. The van der Waals surface area contributed by atoms with Crippen LogP contribution in [0.3, 0.4) is 0 Å². The Balaban J connectivity index is 1.86. The molecule has 1 aliphatic carbocycles. The van der Waals surface area contributed by atoms with Crippen molar-refractivity contribution in [1.82, 2.24) is 0 Å². The molecule has 0 aromatic carbocycles. The molecule has 9 heavy (non-hydrogen) atoms. The third-order valence-corrected chi connectivity index (χ3v) is 2.44. The molecule has 3 unspecified atom stereocenters. The number of fused-ring (bicyclic) bond motifs is 1. The molecular formula is C7H13NO. The van der Waals surface area contributed by atoms with Crippen LogP contribution in [0.5, 0.6) is 0 Å². The molecule has 2 heteroatoms. The molecule has 0 amide bonds. The van der Waals surface area contributed by atoms with Gasteiger partial charge in [0.2, 0.25) is 0 Å². The second-order valence-electron chi connectivity index (χ2n) is 3.18. The van der Waals surface area contributed by atoms with E-state index in [0.29, 0.717) is 12.6 Å². The molecule has 2 aliphatic rings. The Morgan fingerprint density at radius 3 is 2.89 bits per heavy atom. The lowest BCUT2D eigenvalue weighted by atomic mass is 10.1. The van der Waals surface area contributed by atoms with Gasteiger partial charge in [-0.3, -0.25) is 0 Å². The van der Waals surface area contributed by atoms with Gasteiger partial charge in [0.25, 0.3) is 0 Å². The fourth-order valence-electron chi connectivity index (χ4n) is 1.63. The zero-order valence-electron chi connectivity index (χ0n) is 5.55. The Labute approximate surface area is 55.4 Å². The van der Waals surface area contributed by atoms with Crippen molar-refractivity contribution < 1.29 is 4.74 Å². The summed E-state index contributed by atoms with van der Waals surface area (Å²) in [5, 5.41) is 0. The zero-order valence-corrected chi connectivity index (χ0v) is 5.55. The van der Waals surface area contributed by atoms with E-state index >= 15 is 0 Å². The van der Waals surface area contributed by atoms with Crippen LogP contribution in [0.25, 0.3) is 0 Å². The summed E-state index contributed by atoms with van der Waals surface area (Å²) in [7, 11) is 0. The quantitative estimate of drug-likeness (QED) is 0.552. The summed E-state index contributed by atoms with van der Waals surface area (Å²) in [5.74, 6) is 1.89. The number of rotatable bonds is 1. The van der Waals surface area contributed by atoms with E-state index in [1.807, 2.05) is 0 Å². The van der Waals surface area contributed by atoms with E-state index in [0.717, 1.165) is 18.4 Å².